The van der Waals surface area contributed by atoms with Gasteiger partial charge in [0.05, 0.1) is 10.7 Å². The Kier molecular flexibility index (Phi) is 4.46. The van der Waals surface area contributed by atoms with Crippen molar-refractivity contribution in [1.82, 2.24) is 9.97 Å². The molecule has 2 heterocycles. The van der Waals surface area contributed by atoms with E-state index in [-0.39, 0.29) is 0 Å². The lowest BCUT2D eigenvalue weighted by Crippen LogP contribution is -2.30. The SMILES string of the molecule is Clc1ccc(Cl)c(Nc2nccc(N3CCCCC3)n2)c1. The van der Waals surface area contributed by atoms with Gasteiger partial charge in [0.25, 0.3) is 0 Å². The Morgan fingerprint density at radius 2 is 1.86 bits per heavy atom. The normalized spacial score (nSPS) is 15.0. The van der Waals surface area contributed by atoms with E-state index in [9.17, 15) is 0 Å². The van der Waals surface area contributed by atoms with Gasteiger partial charge in [-0.25, -0.2) is 4.98 Å². The van der Waals surface area contributed by atoms with Gasteiger partial charge < -0.3 is 10.2 Å². The van der Waals surface area contributed by atoms with E-state index in [1.807, 2.05) is 6.07 Å². The molecule has 0 spiro atoms. The van der Waals surface area contributed by atoms with E-state index in [0.29, 0.717) is 21.7 Å². The largest absolute Gasteiger partial charge is 0.356 e. The van der Waals surface area contributed by atoms with Crippen LogP contribution in [0.1, 0.15) is 19.3 Å². The summed E-state index contributed by atoms with van der Waals surface area (Å²) >= 11 is 12.1. The van der Waals surface area contributed by atoms with Crippen LogP contribution >= 0.6 is 23.2 Å². The first-order valence-corrected chi connectivity index (χ1v) is 7.78. The lowest BCUT2D eigenvalue weighted by molar-refractivity contribution is 0.573. The van der Waals surface area contributed by atoms with Crippen LogP contribution in [0.5, 0.6) is 0 Å². The van der Waals surface area contributed by atoms with Gasteiger partial charge in [-0.1, -0.05) is 23.2 Å². The van der Waals surface area contributed by atoms with Crippen molar-refractivity contribution in [2.45, 2.75) is 19.3 Å². The monoisotopic (exact) mass is 322 g/mol. The highest BCUT2D eigenvalue weighted by Crippen LogP contribution is 2.28. The van der Waals surface area contributed by atoms with Gasteiger partial charge in [-0.2, -0.15) is 4.98 Å². The van der Waals surface area contributed by atoms with Crippen LogP contribution in [-0.4, -0.2) is 23.1 Å². The zero-order valence-electron chi connectivity index (χ0n) is 11.5. The number of hydrogen-bond donors (Lipinski definition) is 1. The first-order chi connectivity index (χ1) is 10.2. The molecule has 0 unspecified atom stereocenters. The van der Waals surface area contributed by atoms with Crippen LogP contribution in [0.2, 0.25) is 10.0 Å². The Morgan fingerprint density at radius 3 is 2.67 bits per heavy atom. The van der Waals surface area contributed by atoms with Crippen LogP contribution in [0.25, 0.3) is 0 Å². The summed E-state index contributed by atoms with van der Waals surface area (Å²) in [6.07, 6.45) is 5.49. The number of rotatable bonds is 3. The summed E-state index contributed by atoms with van der Waals surface area (Å²) in [4.78, 5) is 11.1. The minimum atomic E-state index is 0.530. The summed E-state index contributed by atoms with van der Waals surface area (Å²) in [5.41, 5.74) is 0.708. The van der Waals surface area contributed by atoms with Crippen molar-refractivity contribution in [2.24, 2.45) is 0 Å². The van der Waals surface area contributed by atoms with E-state index >= 15 is 0 Å². The van der Waals surface area contributed by atoms with Gasteiger partial charge in [0, 0.05) is 24.3 Å². The summed E-state index contributed by atoms with van der Waals surface area (Å²) in [5, 5.41) is 4.34. The van der Waals surface area contributed by atoms with E-state index in [4.69, 9.17) is 23.2 Å². The smallest absolute Gasteiger partial charge is 0.229 e. The minimum Gasteiger partial charge on any atom is -0.356 e. The molecule has 1 fully saturated rings. The molecular formula is C15H16Cl2N4. The van der Waals surface area contributed by atoms with Crippen molar-refractivity contribution >= 4 is 40.7 Å². The molecular weight excluding hydrogens is 307 g/mol. The molecule has 1 N–H and O–H groups in total. The number of nitrogens with one attached hydrogen (secondary N) is 1. The Morgan fingerprint density at radius 1 is 1.05 bits per heavy atom. The Balaban J connectivity index is 1.81. The number of piperidine rings is 1. The number of nitrogens with zero attached hydrogens (tertiary/aromatic N) is 3. The first kappa shape index (κ1) is 14.4. The molecule has 1 aliphatic heterocycles. The second-order valence-electron chi connectivity index (χ2n) is 5.04. The molecule has 1 aliphatic rings. The average Bonchev–Trinajstić information content (AvgIpc) is 2.52. The highest BCUT2D eigenvalue weighted by molar-refractivity contribution is 6.35. The minimum absolute atomic E-state index is 0.530. The van der Waals surface area contributed by atoms with Crippen molar-refractivity contribution < 1.29 is 0 Å². The summed E-state index contributed by atoms with van der Waals surface area (Å²) in [6.45, 7) is 2.10. The standard InChI is InChI=1S/C15H16Cl2N4/c16-11-4-5-12(17)13(10-11)19-15-18-7-6-14(20-15)21-8-2-1-3-9-21/h4-7,10H,1-3,8-9H2,(H,18,19,20). The molecule has 1 aromatic carbocycles. The van der Waals surface area contributed by atoms with Gasteiger partial charge in [-0.05, 0) is 43.5 Å². The van der Waals surface area contributed by atoms with Crippen molar-refractivity contribution in [3.63, 3.8) is 0 Å². The van der Waals surface area contributed by atoms with Crippen LogP contribution in [0, 0.1) is 0 Å². The third kappa shape index (κ3) is 3.57. The Hall–Kier alpha value is -1.52. The summed E-state index contributed by atoms with van der Waals surface area (Å²) in [6, 6.07) is 7.21. The zero-order chi connectivity index (χ0) is 14.7. The molecule has 2 aromatic rings. The van der Waals surface area contributed by atoms with Gasteiger partial charge in [-0.15, -0.1) is 0 Å². The van der Waals surface area contributed by atoms with Gasteiger partial charge in [0.15, 0.2) is 0 Å². The van der Waals surface area contributed by atoms with Gasteiger partial charge >= 0.3 is 0 Å². The molecule has 3 rings (SSSR count). The molecule has 0 radical (unpaired) electrons. The van der Waals surface area contributed by atoms with E-state index in [1.54, 1.807) is 24.4 Å². The van der Waals surface area contributed by atoms with E-state index in [0.717, 1.165) is 18.9 Å². The highest BCUT2D eigenvalue weighted by Gasteiger charge is 2.13. The van der Waals surface area contributed by atoms with Crippen LogP contribution in [0.3, 0.4) is 0 Å². The van der Waals surface area contributed by atoms with E-state index in [2.05, 4.69) is 20.2 Å². The molecule has 0 amide bonds. The van der Waals surface area contributed by atoms with E-state index < -0.39 is 0 Å². The predicted octanol–water partition coefficient (Wildman–Crippen LogP) is 4.52. The third-order valence-electron chi connectivity index (χ3n) is 3.50. The number of hydrogen-bond acceptors (Lipinski definition) is 4. The van der Waals surface area contributed by atoms with Crippen molar-refractivity contribution in [1.29, 1.82) is 0 Å². The molecule has 0 saturated carbocycles. The molecule has 0 bridgehead atoms. The lowest BCUT2D eigenvalue weighted by atomic mass is 10.1. The second-order valence-corrected chi connectivity index (χ2v) is 5.88. The van der Waals surface area contributed by atoms with Crippen LogP contribution in [-0.2, 0) is 0 Å². The van der Waals surface area contributed by atoms with Crippen LogP contribution < -0.4 is 10.2 Å². The van der Waals surface area contributed by atoms with Gasteiger partial charge in [-0.3, -0.25) is 0 Å². The number of anilines is 3. The quantitative estimate of drug-likeness (QED) is 0.902. The summed E-state index contributed by atoms with van der Waals surface area (Å²) in [5.74, 6) is 1.48. The van der Waals surface area contributed by atoms with Gasteiger partial charge in [0.1, 0.15) is 5.82 Å². The van der Waals surface area contributed by atoms with Crippen LogP contribution in [0.4, 0.5) is 17.5 Å². The zero-order valence-corrected chi connectivity index (χ0v) is 13.0. The third-order valence-corrected chi connectivity index (χ3v) is 4.06. The Labute approximate surface area is 134 Å². The first-order valence-electron chi connectivity index (χ1n) is 7.02. The maximum atomic E-state index is 6.15. The van der Waals surface area contributed by atoms with Crippen LogP contribution in [0.15, 0.2) is 30.5 Å². The lowest BCUT2D eigenvalue weighted by Gasteiger charge is -2.27. The van der Waals surface area contributed by atoms with E-state index in [1.165, 1.54) is 19.3 Å². The molecule has 0 atom stereocenters. The van der Waals surface area contributed by atoms with Crippen molar-refractivity contribution in [3.05, 3.63) is 40.5 Å². The molecule has 110 valence electrons. The fourth-order valence-corrected chi connectivity index (χ4v) is 2.76. The van der Waals surface area contributed by atoms with Gasteiger partial charge in [0.2, 0.25) is 5.95 Å². The maximum Gasteiger partial charge on any atom is 0.229 e. The molecule has 4 nitrogen and oxygen atoms in total. The average molecular weight is 323 g/mol. The molecule has 0 aliphatic carbocycles. The van der Waals surface area contributed by atoms with Crippen molar-refractivity contribution in [3.8, 4) is 0 Å². The fourth-order valence-electron chi connectivity index (χ4n) is 2.42. The number of halogens is 2. The Bertz CT molecular complexity index is 627. The summed E-state index contributed by atoms with van der Waals surface area (Å²) in [7, 11) is 0. The molecule has 6 heteroatoms. The molecule has 1 aromatic heterocycles. The summed E-state index contributed by atoms with van der Waals surface area (Å²) < 4.78 is 0. The van der Waals surface area contributed by atoms with Crippen molar-refractivity contribution in [2.75, 3.05) is 23.3 Å². The molecule has 21 heavy (non-hydrogen) atoms. The predicted molar refractivity (Wildman–Crippen MR) is 87.8 cm³/mol. The topological polar surface area (TPSA) is 41.1 Å². The maximum absolute atomic E-state index is 6.15. The second kappa shape index (κ2) is 6.50. The number of benzene rings is 1. The highest BCUT2D eigenvalue weighted by atomic mass is 35.5. The fraction of sp³-hybridized carbons (Fsp3) is 0.333. The number of aromatic nitrogens is 2. The molecule has 1 saturated heterocycles.